The maximum atomic E-state index is 12.7. The van der Waals surface area contributed by atoms with Crippen LogP contribution < -0.4 is 11.3 Å². The number of hydrogen-bond acceptors (Lipinski definition) is 6. The SMILES string of the molecule is Cc1nc(Sc2nc3ccccc3[nH]2)nc2c1ccc(=O)n2-c1ccc(C(N)=O)cc1. The molecule has 3 aromatic heterocycles. The van der Waals surface area contributed by atoms with Gasteiger partial charge in [0, 0.05) is 17.0 Å². The summed E-state index contributed by atoms with van der Waals surface area (Å²) in [7, 11) is 0. The second-order valence-electron chi connectivity index (χ2n) is 6.91. The topological polar surface area (TPSA) is 120 Å². The summed E-state index contributed by atoms with van der Waals surface area (Å²) < 4.78 is 1.50. The van der Waals surface area contributed by atoms with Crippen molar-refractivity contribution in [2.75, 3.05) is 0 Å². The van der Waals surface area contributed by atoms with Crippen LogP contribution >= 0.6 is 11.8 Å². The highest BCUT2D eigenvalue weighted by Gasteiger charge is 2.14. The maximum absolute atomic E-state index is 12.7. The number of imidazole rings is 1. The van der Waals surface area contributed by atoms with Crippen molar-refractivity contribution in [2.24, 2.45) is 5.73 Å². The first-order valence-corrected chi connectivity index (χ1v) is 10.2. The zero-order valence-electron chi connectivity index (χ0n) is 16.4. The number of fused-ring (bicyclic) bond motifs is 2. The summed E-state index contributed by atoms with van der Waals surface area (Å²) in [6.07, 6.45) is 0. The minimum absolute atomic E-state index is 0.239. The Balaban J connectivity index is 1.64. The smallest absolute Gasteiger partial charge is 0.256 e. The number of para-hydroxylation sites is 2. The standard InChI is InChI=1S/C22H16N6O2S/c1-12-15-10-11-18(29)28(14-8-6-13(7-9-14)19(23)30)20(15)27-21(24-12)31-22-25-16-4-2-3-5-17(16)26-22/h2-11H,1H3,(H2,23,30)(H,25,26). The summed E-state index contributed by atoms with van der Waals surface area (Å²) >= 11 is 1.29. The molecule has 0 bridgehead atoms. The van der Waals surface area contributed by atoms with E-state index in [2.05, 4.69) is 19.9 Å². The lowest BCUT2D eigenvalue weighted by molar-refractivity contribution is 0.100. The normalized spacial score (nSPS) is 11.3. The van der Waals surface area contributed by atoms with Crippen molar-refractivity contribution in [3.05, 3.63) is 82.3 Å². The van der Waals surface area contributed by atoms with E-state index in [4.69, 9.17) is 5.73 Å². The molecule has 0 aliphatic carbocycles. The number of nitrogens with two attached hydrogens (primary N) is 1. The second-order valence-corrected chi connectivity index (χ2v) is 7.86. The van der Waals surface area contributed by atoms with Crippen molar-refractivity contribution in [1.29, 1.82) is 0 Å². The molecular weight excluding hydrogens is 412 g/mol. The predicted octanol–water partition coefficient (Wildman–Crippen LogP) is 3.22. The molecule has 152 valence electrons. The number of benzene rings is 2. The Bertz CT molecular complexity index is 1490. The zero-order valence-corrected chi connectivity index (χ0v) is 17.2. The van der Waals surface area contributed by atoms with Gasteiger partial charge in [0.2, 0.25) is 5.91 Å². The Hall–Kier alpha value is -3.98. The van der Waals surface area contributed by atoms with E-state index < -0.39 is 5.91 Å². The van der Waals surface area contributed by atoms with Gasteiger partial charge in [-0.05, 0) is 61.2 Å². The molecule has 9 heteroatoms. The molecule has 1 amide bonds. The number of aromatic nitrogens is 5. The first-order chi connectivity index (χ1) is 15.0. The minimum Gasteiger partial charge on any atom is -0.366 e. The largest absolute Gasteiger partial charge is 0.366 e. The molecule has 8 nitrogen and oxygen atoms in total. The fraction of sp³-hybridized carbons (Fsp3) is 0.0455. The van der Waals surface area contributed by atoms with Crippen molar-refractivity contribution in [1.82, 2.24) is 24.5 Å². The minimum atomic E-state index is -0.528. The fourth-order valence-electron chi connectivity index (χ4n) is 3.37. The number of aryl methyl sites for hydroxylation is 1. The molecule has 5 rings (SSSR count). The lowest BCUT2D eigenvalue weighted by Crippen LogP contribution is -2.19. The number of pyridine rings is 1. The van der Waals surface area contributed by atoms with Gasteiger partial charge in [-0.3, -0.25) is 14.2 Å². The molecule has 0 atom stereocenters. The van der Waals surface area contributed by atoms with Gasteiger partial charge >= 0.3 is 0 Å². The van der Waals surface area contributed by atoms with Gasteiger partial charge in [0.25, 0.3) is 5.56 Å². The Kier molecular flexibility index (Phi) is 4.52. The molecule has 3 N–H and O–H groups in total. The summed E-state index contributed by atoms with van der Waals surface area (Å²) in [6, 6.07) is 17.5. The van der Waals surface area contributed by atoms with Crippen molar-refractivity contribution < 1.29 is 4.79 Å². The molecule has 0 fully saturated rings. The van der Waals surface area contributed by atoms with Gasteiger partial charge in [-0.15, -0.1) is 0 Å². The zero-order chi connectivity index (χ0) is 21.5. The van der Waals surface area contributed by atoms with Gasteiger partial charge < -0.3 is 10.7 Å². The summed E-state index contributed by atoms with van der Waals surface area (Å²) in [6.45, 7) is 1.87. The van der Waals surface area contributed by atoms with Crippen LogP contribution in [0.5, 0.6) is 0 Å². The Labute approximate surface area is 180 Å². The molecule has 5 aromatic rings. The van der Waals surface area contributed by atoms with Crippen molar-refractivity contribution in [3.8, 4) is 5.69 Å². The lowest BCUT2D eigenvalue weighted by atomic mass is 10.2. The molecule has 0 unspecified atom stereocenters. The molecule has 0 spiro atoms. The van der Waals surface area contributed by atoms with E-state index in [1.165, 1.54) is 22.4 Å². The van der Waals surface area contributed by atoms with Crippen molar-refractivity contribution in [2.45, 2.75) is 17.2 Å². The van der Waals surface area contributed by atoms with Gasteiger partial charge in [0.15, 0.2) is 16.0 Å². The van der Waals surface area contributed by atoms with Crippen LogP contribution in [0.4, 0.5) is 0 Å². The molecule has 31 heavy (non-hydrogen) atoms. The number of nitrogens with zero attached hydrogens (tertiary/aromatic N) is 4. The van der Waals surface area contributed by atoms with E-state index in [-0.39, 0.29) is 5.56 Å². The Morgan fingerprint density at radius 1 is 1.00 bits per heavy atom. The Morgan fingerprint density at radius 3 is 2.52 bits per heavy atom. The summed E-state index contributed by atoms with van der Waals surface area (Å²) in [4.78, 5) is 41.2. The van der Waals surface area contributed by atoms with E-state index in [9.17, 15) is 9.59 Å². The highest BCUT2D eigenvalue weighted by Crippen LogP contribution is 2.27. The van der Waals surface area contributed by atoms with Gasteiger partial charge in [-0.1, -0.05) is 12.1 Å². The van der Waals surface area contributed by atoms with Crippen molar-refractivity contribution >= 4 is 39.7 Å². The molecule has 0 radical (unpaired) electrons. The highest BCUT2D eigenvalue weighted by molar-refractivity contribution is 7.99. The number of amides is 1. The van der Waals surface area contributed by atoms with Gasteiger partial charge in [0.05, 0.1) is 22.4 Å². The first kappa shape index (κ1) is 19.0. The maximum Gasteiger partial charge on any atom is 0.256 e. The average Bonchev–Trinajstić information content (AvgIpc) is 3.16. The number of nitrogens with one attached hydrogen (secondary N) is 1. The van der Waals surface area contributed by atoms with Crippen LogP contribution in [-0.4, -0.2) is 30.4 Å². The van der Waals surface area contributed by atoms with Crippen LogP contribution in [0.15, 0.2) is 75.8 Å². The third kappa shape index (κ3) is 3.44. The Morgan fingerprint density at radius 2 is 1.77 bits per heavy atom. The van der Waals surface area contributed by atoms with E-state index in [1.807, 2.05) is 31.2 Å². The number of carbonyl (C=O) groups is 1. The number of rotatable bonds is 4. The number of aromatic amines is 1. The predicted molar refractivity (Wildman–Crippen MR) is 119 cm³/mol. The van der Waals surface area contributed by atoms with E-state index >= 15 is 0 Å². The summed E-state index contributed by atoms with van der Waals surface area (Å²) in [5.74, 6) is -0.528. The second kappa shape index (κ2) is 7.37. The molecule has 0 aliphatic heterocycles. The van der Waals surface area contributed by atoms with Gasteiger partial charge in [0.1, 0.15) is 0 Å². The third-order valence-electron chi connectivity index (χ3n) is 4.89. The van der Waals surface area contributed by atoms with Crippen LogP contribution in [0.3, 0.4) is 0 Å². The molecule has 2 aromatic carbocycles. The lowest BCUT2D eigenvalue weighted by Gasteiger charge is -2.12. The van der Waals surface area contributed by atoms with Crippen LogP contribution in [0.25, 0.3) is 27.8 Å². The first-order valence-electron chi connectivity index (χ1n) is 9.43. The van der Waals surface area contributed by atoms with E-state index in [1.54, 1.807) is 30.3 Å². The number of hydrogen-bond donors (Lipinski definition) is 2. The molecule has 0 saturated carbocycles. The fourth-order valence-corrected chi connectivity index (χ4v) is 4.17. The molecule has 3 heterocycles. The van der Waals surface area contributed by atoms with Crippen LogP contribution in [-0.2, 0) is 0 Å². The van der Waals surface area contributed by atoms with E-state index in [0.717, 1.165) is 22.1 Å². The number of H-pyrrole nitrogens is 1. The van der Waals surface area contributed by atoms with Gasteiger partial charge in [-0.2, -0.15) is 0 Å². The van der Waals surface area contributed by atoms with E-state index in [0.29, 0.717) is 27.2 Å². The number of primary amides is 1. The van der Waals surface area contributed by atoms with Gasteiger partial charge in [-0.25, -0.2) is 15.0 Å². The average molecular weight is 428 g/mol. The molecule has 0 aliphatic rings. The molecule has 0 saturated heterocycles. The van der Waals surface area contributed by atoms with Crippen LogP contribution in [0.2, 0.25) is 0 Å². The van der Waals surface area contributed by atoms with Crippen LogP contribution in [0, 0.1) is 6.92 Å². The summed E-state index contributed by atoms with van der Waals surface area (Å²) in [5.41, 5.74) is 9.03. The van der Waals surface area contributed by atoms with Crippen molar-refractivity contribution in [3.63, 3.8) is 0 Å². The van der Waals surface area contributed by atoms with Crippen LogP contribution in [0.1, 0.15) is 16.1 Å². The monoisotopic (exact) mass is 428 g/mol. The summed E-state index contributed by atoms with van der Waals surface area (Å²) in [5, 5.41) is 1.89. The molecular formula is C22H16N6O2S. The number of carbonyl (C=O) groups excluding carboxylic acids is 1. The quantitative estimate of drug-likeness (QED) is 0.424. The highest BCUT2D eigenvalue weighted by atomic mass is 32.2. The third-order valence-corrected chi connectivity index (χ3v) is 5.64.